The first kappa shape index (κ1) is 15.2. The number of phenols is 1. The molecule has 0 heterocycles. The van der Waals surface area contributed by atoms with Gasteiger partial charge in [-0.1, -0.05) is 12.1 Å². The van der Waals surface area contributed by atoms with Gasteiger partial charge in [0.25, 0.3) is 0 Å². The van der Waals surface area contributed by atoms with Gasteiger partial charge in [0.15, 0.2) is 5.78 Å². The number of Topliss-reactive ketones (excluding diaryl/α,β-unsaturated/α-hetero) is 1. The number of aromatic hydroxyl groups is 1. The first-order chi connectivity index (χ1) is 8.99. The van der Waals surface area contributed by atoms with Crippen LogP contribution in [0.2, 0.25) is 0 Å². The highest BCUT2D eigenvalue weighted by atomic mass is 16.5. The average molecular weight is 266 g/mol. The lowest BCUT2D eigenvalue weighted by molar-refractivity contribution is -0.145. The van der Waals surface area contributed by atoms with Crippen molar-refractivity contribution in [2.24, 2.45) is 0 Å². The van der Waals surface area contributed by atoms with E-state index in [0.29, 0.717) is 6.42 Å². The van der Waals surface area contributed by atoms with Crippen LogP contribution in [-0.2, 0) is 20.7 Å². The van der Waals surface area contributed by atoms with E-state index in [1.54, 1.807) is 24.3 Å². The fraction of sp³-hybridized carbons (Fsp3) is 0.429. The van der Waals surface area contributed by atoms with Crippen molar-refractivity contribution in [3.63, 3.8) is 0 Å². The van der Waals surface area contributed by atoms with Crippen LogP contribution in [0.1, 0.15) is 25.3 Å². The Morgan fingerprint density at radius 2 is 1.84 bits per heavy atom. The molecule has 0 fully saturated rings. The fourth-order valence-electron chi connectivity index (χ4n) is 1.45. The molecule has 0 spiro atoms. The number of esters is 1. The Bertz CT molecular complexity index is 422. The summed E-state index contributed by atoms with van der Waals surface area (Å²) >= 11 is 0. The molecule has 2 N–H and O–H groups in total. The third kappa shape index (κ3) is 6.01. The van der Waals surface area contributed by atoms with Crippen molar-refractivity contribution in [3.05, 3.63) is 29.8 Å². The molecule has 104 valence electrons. The zero-order valence-electron chi connectivity index (χ0n) is 10.8. The van der Waals surface area contributed by atoms with Crippen LogP contribution in [0.25, 0.3) is 0 Å². The highest BCUT2D eigenvalue weighted by Gasteiger charge is 2.12. The highest BCUT2D eigenvalue weighted by Crippen LogP contribution is 2.10. The van der Waals surface area contributed by atoms with Gasteiger partial charge in [0, 0.05) is 12.8 Å². The summed E-state index contributed by atoms with van der Waals surface area (Å²) in [5.74, 6) is -0.624. The molecule has 5 nitrogen and oxygen atoms in total. The highest BCUT2D eigenvalue weighted by molar-refractivity contribution is 5.85. The second kappa shape index (κ2) is 7.53. The van der Waals surface area contributed by atoms with E-state index in [1.165, 1.54) is 6.92 Å². The van der Waals surface area contributed by atoms with Crippen molar-refractivity contribution in [2.75, 3.05) is 6.61 Å². The molecule has 0 saturated carbocycles. The van der Waals surface area contributed by atoms with Gasteiger partial charge in [0.1, 0.15) is 11.9 Å². The minimum atomic E-state index is -1.04. The molecule has 1 unspecified atom stereocenters. The average Bonchev–Trinajstić information content (AvgIpc) is 2.38. The van der Waals surface area contributed by atoms with E-state index in [-0.39, 0.29) is 31.0 Å². The summed E-state index contributed by atoms with van der Waals surface area (Å²) in [5.41, 5.74) is 0.950. The molecule has 1 rings (SSSR count). The van der Waals surface area contributed by atoms with Gasteiger partial charge in [0.05, 0.1) is 13.0 Å². The summed E-state index contributed by atoms with van der Waals surface area (Å²) in [6, 6.07) is 6.64. The van der Waals surface area contributed by atoms with E-state index in [1.807, 2.05) is 0 Å². The number of hydrogen-bond donors (Lipinski definition) is 2. The van der Waals surface area contributed by atoms with Crippen molar-refractivity contribution in [3.8, 4) is 5.75 Å². The van der Waals surface area contributed by atoms with Crippen molar-refractivity contribution in [2.45, 2.75) is 32.3 Å². The molecule has 0 aliphatic carbocycles. The maximum Gasteiger partial charge on any atom is 0.306 e. The summed E-state index contributed by atoms with van der Waals surface area (Å²) in [4.78, 5) is 22.4. The minimum Gasteiger partial charge on any atom is -0.508 e. The zero-order valence-corrected chi connectivity index (χ0v) is 10.8. The summed E-state index contributed by atoms with van der Waals surface area (Å²) in [6.07, 6.45) is -0.504. The van der Waals surface area contributed by atoms with Gasteiger partial charge < -0.3 is 14.9 Å². The van der Waals surface area contributed by atoms with Crippen LogP contribution in [-0.4, -0.2) is 34.7 Å². The van der Waals surface area contributed by atoms with E-state index in [4.69, 9.17) is 14.9 Å². The van der Waals surface area contributed by atoms with E-state index in [2.05, 4.69) is 0 Å². The van der Waals surface area contributed by atoms with Crippen LogP contribution in [0, 0.1) is 0 Å². The molecule has 5 heteroatoms. The lowest BCUT2D eigenvalue weighted by Crippen LogP contribution is -2.18. The molecule has 19 heavy (non-hydrogen) atoms. The van der Waals surface area contributed by atoms with E-state index >= 15 is 0 Å². The van der Waals surface area contributed by atoms with E-state index in [0.717, 1.165) is 5.56 Å². The largest absolute Gasteiger partial charge is 0.508 e. The lowest BCUT2D eigenvalue weighted by atomic mass is 10.1. The molecule has 1 atom stereocenters. The number of carbonyl (C=O) groups is 2. The molecular weight excluding hydrogens is 248 g/mol. The van der Waals surface area contributed by atoms with Gasteiger partial charge >= 0.3 is 5.97 Å². The second-order valence-electron chi connectivity index (χ2n) is 4.28. The van der Waals surface area contributed by atoms with Gasteiger partial charge in [-0.15, -0.1) is 0 Å². The molecule has 0 amide bonds. The number of aliphatic hydroxyl groups is 1. The number of carbonyl (C=O) groups excluding carboxylic acids is 2. The molecule has 0 aliphatic rings. The second-order valence-corrected chi connectivity index (χ2v) is 4.28. The topological polar surface area (TPSA) is 83.8 Å². The Hall–Kier alpha value is -1.88. The summed E-state index contributed by atoms with van der Waals surface area (Å²) in [7, 11) is 0. The van der Waals surface area contributed by atoms with Crippen LogP contribution in [0.3, 0.4) is 0 Å². The van der Waals surface area contributed by atoms with Gasteiger partial charge in [-0.2, -0.15) is 0 Å². The molecular formula is C14H18O5. The predicted molar refractivity (Wildman–Crippen MR) is 68.7 cm³/mol. The van der Waals surface area contributed by atoms with Crippen LogP contribution in [0.15, 0.2) is 24.3 Å². The maximum absolute atomic E-state index is 11.3. The zero-order chi connectivity index (χ0) is 14.3. The van der Waals surface area contributed by atoms with Crippen molar-refractivity contribution >= 4 is 11.8 Å². The number of benzene rings is 1. The van der Waals surface area contributed by atoms with Crippen LogP contribution in [0.4, 0.5) is 0 Å². The Morgan fingerprint density at radius 1 is 1.21 bits per heavy atom. The monoisotopic (exact) mass is 266 g/mol. The summed E-state index contributed by atoms with van der Waals surface area (Å²) < 4.78 is 4.97. The van der Waals surface area contributed by atoms with Crippen molar-refractivity contribution in [1.29, 1.82) is 0 Å². The van der Waals surface area contributed by atoms with Crippen LogP contribution in [0.5, 0.6) is 5.75 Å². The standard InChI is InChI=1S/C14H18O5/c1-10(15)13(17)6-7-14(18)19-9-8-11-2-4-12(16)5-3-11/h2-5,10,15-16H,6-9H2,1H3. The third-order valence-electron chi connectivity index (χ3n) is 2.63. The predicted octanol–water partition coefficient (Wildman–Crippen LogP) is 1.21. The fourth-order valence-corrected chi connectivity index (χ4v) is 1.45. The number of aliphatic hydroxyl groups excluding tert-OH is 1. The molecule has 0 aliphatic heterocycles. The van der Waals surface area contributed by atoms with E-state index in [9.17, 15) is 9.59 Å². The Morgan fingerprint density at radius 3 is 2.42 bits per heavy atom. The normalized spacial score (nSPS) is 11.9. The molecule has 1 aromatic carbocycles. The molecule has 0 saturated heterocycles. The quantitative estimate of drug-likeness (QED) is 0.725. The molecule has 0 aromatic heterocycles. The van der Waals surface area contributed by atoms with Gasteiger partial charge in [-0.3, -0.25) is 9.59 Å². The van der Waals surface area contributed by atoms with Crippen molar-refractivity contribution < 1.29 is 24.5 Å². The number of rotatable bonds is 7. The number of ether oxygens (including phenoxy) is 1. The Kier molecular flexibility index (Phi) is 6.02. The minimum absolute atomic E-state index is 0.00426. The smallest absolute Gasteiger partial charge is 0.306 e. The maximum atomic E-state index is 11.3. The summed E-state index contributed by atoms with van der Waals surface area (Å²) in [6.45, 7) is 1.60. The molecule has 0 radical (unpaired) electrons. The SMILES string of the molecule is CC(O)C(=O)CCC(=O)OCCc1ccc(O)cc1. The Labute approximate surface area is 111 Å². The van der Waals surface area contributed by atoms with Gasteiger partial charge in [-0.05, 0) is 24.6 Å². The number of ketones is 1. The van der Waals surface area contributed by atoms with Crippen molar-refractivity contribution in [1.82, 2.24) is 0 Å². The van der Waals surface area contributed by atoms with E-state index < -0.39 is 12.1 Å². The third-order valence-corrected chi connectivity index (χ3v) is 2.63. The number of phenolic OH excluding ortho intramolecular Hbond substituents is 1. The Balaban J connectivity index is 2.20. The lowest BCUT2D eigenvalue weighted by Gasteiger charge is -2.06. The van der Waals surface area contributed by atoms with Crippen LogP contribution < -0.4 is 0 Å². The van der Waals surface area contributed by atoms with Gasteiger partial charge in [0.2, 0.25) is 0 Å². The van der Waals surface area contributed by atoms with Crippen LogP contribution >= 0.6 is 0 Å². The molecule has 1 aromatic rings. The number of hydrogen-bond acceptors (Lipinski definition) is 5. The first-order valence-electron chi connectivity index (χ1n) is 6.13. The summed E-state index contributed by atoms with van der Waals surface area (Å²) in [5, 5.41) is 18.1. The van der Waals surface area contributed by atoms with Gasteiger partial charge in [-0.25, -0.2) is 0 Å². The molecule has 0 bridgehead atoms. The first-order valence-corrected chi connectivity index (χ1v) is 6.13.